The van der Waals surface area contributed by atoms with Gasteiger partial charge in [0.2, 0.25) is 0 Å². The quantitative estimate of drug-likeness (QED) is 0.778. The van der Waals surface area contributed by atoms with E-state index in [4.69, 9.17) is 5.11 Å². The third-order valence-electron chi connectivity index (χ3n) is 3.51. The number of carboxylic acid groups (broad SMARTS) is 1. The monoisotopic (exact) mass is 213 g/mol. The summed E-state index contributed by atoms with van der Waals surface area (Å²) in [6, 6.07) is 0.445. The van der Waals surface area contributed by atoms with Crippen molar-refractivity contribution in [1.82, 2.24) is 4.90 Å². The number of rotatable bonds is 4. The second kappa shape index (κ2) is 4.52. The van der Waals surface area contributed by atoms with Crippen LogP contribution >= 0.6 is 0 Å². The average Bonchev–Trinajstić information content (AvgIpc) is 2.35. The second-order valence-corrected chi connectivity index (χ2v) is 5.57. The number of hydrogen-bond donors (Lipinski definition) is 1. The van der Waals surface area contributed by atoms with Gasteiger partial charge in [-0.15, -0.1) is 0 Å². The van der Waals surface area contributed by atoms with Crippen LogP contribution in [0.4, 0.5) is 0 Å². The van der Waals surface area contributed by atoms with Gasteiger partial charge in [-0.1, -0.05) is 27.7 Å². The SMILES string of the molecule is CCN(CC(=O)O)C1CC(C)(C)CC1C. The van der Waals surface area contributed by atoms with E-state index >= 15 is 0 Å². The van der Waals surface area contributed by atoms with E-state index in [1.807, 2.05) is 6.92 Å². The zero-order valence-electron chi connectivity index (χ0n) is 10.3. The van der Waals surface area contributed by atoms with E-state index in [2.05, 4.69) is 25.7 Å². The van der Waals surface area contributed by atoms with Crippen LogP contribution in [0, 0.1) is 11.3 Å². The van der Waals surface area contributed by atoms with Crippen LogP contribution in [0.25, 0.3) is 0 Å². The minimum atomic E-state index is -0.714. The van der Waals surface area contributed by atoms with Gasteiger partial charge in [-0.05, 0) is 30.7 Å². The molecule has 2 unspecified atom stereocenters. The Kier molecular flexibility index (Phi) is 3.77. The van der Waals surface area contributed by atoms with Gasteiger partial charge in [-0.2, -0.15) is 0 Å². The molecule has 0 bridgehead atoms. The van der Waals surface area contributed by atoms with Crippen molar-refractivity contribution in [3.05, 3.63) is 0 Å². The van der Waals surface area contributed by atoms with E-state index in [1.165, 1.54) is 6.42 Å². The lowest BCUT2D eigenvalue weighted by Crippen LogP contribution is -2.40. The fraction of sp³-hybridized carbons (Fsp3) is 0.917. The lowest BCUT2D eigenvalue weighted by molar-refractivity contribution is -0.139. The topological polar surface area (TPSA) is 40.5 Å². The van der Waals surface area contributed by atoms with Crippen LogP contribution in [-0.4, -0.2) is 35.1 Å². The molecule has 1 N–H and O–H groups in total. The minimum Gasteiger partial charge on any atom is -0.480 e. The Bertz CT molecular complexity index is 238. The molecule has 15 heavy (non-hydrogen) atoms. The van der Waals surface area contributed by atoms with Gasteiger partial charge in [-0.25, -0.2) is 0 Å². The number of aliphatic carboxylic acids is 1. The fourth-order valence-corrected chi connectivity index (χ4v) is 2.98. The molecule has 3 nitrogen and oxygen atoms in total. The predicted octanol–water partition coefficient (Wildman–Crippen LogP) is 2.22. The molecule has 0 spiro atoms. The molecular weight excluding hydrogens is 190 g/mol. The molecule has 2 atom stereocenters. The number of likely N-dealkylation sites (N-methyl/N-ethyl adjacent to an activating group) is 1. The van der Waals surface area contributed by atoms with Gasteiger partial charge >= 0.3 is 5.97 Å². The standard InChI is InChI=1S/C12H23NO2/c1-5-13(8-11(14)15)10-7-12(3,4)6-9(10)2/h9-10H,5-8H2,1-4H3,(H,14,15). The first-order valence-electron chi connectivity index (χ1n) is 5.81. The highest BCUT2D eigenvalue weighted by Crippen LogP contribution is 2.43. The van der Waals surface area contributed by atoms with Gasteiger partial charge in [0.25, 0.3) is 0 Å². The Labute approximate surface area is 92.5 Å². The molecule has 1 aliphatic rings. The van der Waals surface area contributed by atoms with Gasteiger partial charge in [0.1, 0.15) is 0 Å². The van der Waals surface area contributed by atoms with Crippen molar-refractivity contribution in [2.45, 2.75) is 46.6 Å². The summed E-state index contributed by atoms with van der Waals surface area (Å²) < 4.78 is 0. The Morgan fingerprint density at radius 2 is 2.07 bits per heavy atom. The summed E-state index contributed by atoms with van der Waals surface area (Å²) in [5.41, 5.74) is 0.371. The van der Waals surface area contributed by atoms with Crippen molar-refractivity contribution in [3.8, 4) is 0 Å². The molecule has 0 aromatic carbocycles. The maximum atomic E-state index is 10.8. The second-order valence-electron chi connectivity index (χ2n) is 5.57. The molecule has 0 aromatic rings. The van der Waals surface area contributed by atoms with Gasteiger partial charge in [0.15, 0.2) is 0 Å². The van der Waals surface area contributed by atoms with Crippen LogP contribution in [0.5, 0.6) is 0 Å². The Morgan fingerprint density at radius 1 is 1.47 bits per heavy atom. The zero-order chi connectivity index (χ0) is 11.6. The lowest BCUT2D eigenvalue weighted by Gasteiger charge is -2.29. The third kappa shape index (κ3) is 3.20. The molecule has 0 saturated heterocycles. The van der Waals surface area contributed by atoms with Crippen molar-refractivity contribution in [3.63, 3.8) is 0 Å². The molecule has 1 saturated carbocycles. The van der Waals surface area contributed by atoms with E-state index in [1.54, 1.807) is 0 Å². The van der Waals surface area contributed by atoms with Crippen molar-refractivity contribution < 1.29 is 9.90 Å². The van der Waals surface area contributed by atoms with Crippen LogP contribution in [0.1, 0.15) is 40.5 Å². The normalized spacial score (nSPS) is 29.7. The summed E-state index contributed by atoms with van der Waals surface area (Å²) in [5, 5.41) is 8.85. The van der Waals surface area contributed by atoms with Gasteiger partial charge in [0, 0.05) is 6.04 Å². The molecule has 1 fully saturated rings. The molecular formula is C12H23NO2. The minimum absolute atomic E-state index is 0.182. The van der Waals surface area contributed by atoms with Crippen molar-refractivity contribution in [2.24, 2.45) is 11.3 Å². The molecule has 1 rings (SSSR count). The highest BCUT2D eigenvalue weighted by atomic mass is 16.4. The molecule has 3 heteroatoms. The van der Waals surface area contributed by atoms with Crippen molar-refractivity contribution in [1.29, 1.82) is 0 Å². The Hall–Kier alpha value is -0.570. The van der Waals surface area contributed by atoms with E-state index in [9.17, 15) is 4.79 Å². The van der Waals surface area contributed by atoms with Crippen LogP contribution in [0.3, 0.4) is 0 Å². The van der Waals surface area contributed by atoms with E-state index in [0.29, 0.717) is 17.4 Å². The van der Waals surface area contributed by atoms with Crippen LogP contribution in [-0.2, 0) is 4.79 Å². The first-order chi connectivity index (χ1) is 6.85. The van der Waals surface area contributed by atoms with Crippen LogP contribution < -0.4 is 0 Å². The molecule has 1 aliphatic carbocycles. The van der Waals surface area contributed by atoms with E-state index < -0.39 is 5.97 Å². The largest absolute Gasteiger partial charge is 0.480 e. The predicted molar refractivity (Wildman–Crippen MR) is 60.8 cm³/mol. The first-order valence-corrected chi connectivity index (χ1v) is 5.81. The lowest BCUT2D eigenvalue weighted by atomic mass is 9.91. The highest BCUT2D eigenvalue weighted by molar-refractivity contribution is 5.69. The summed E-state index contributed by atoms with van der Waals surface area (Å²) in [7, 11) is 0. The summed E-state index contributed by atoms with van der Waals surface area (Å²) >= 11 is 0. The molecule has 88 valence electrons. The summed E-state index contributed by atoms with van der Waals surface area (Å²) in [6.45, 7) is 9.85. The number of nitrogens with zero attached hydrogens (tertiary/aromatic N) is 1. The molecule has 0 heterocycles. The van der Waals surface area contributed by atoms with Gasteiger partial charge in [0.05, 0.1) is 6.54 Å². The van der Waals surface area contributed by atoms with Crippen LogP contribution in [0.15, 0.2) is 0 Å². The average molecular weight is 213 g/mol. The van der Waals surface area contributed by atoms with Gasteiger partial charge in [-0.3, -0.25) is 9.69 Å². The number of carboxylic acids is 1. The molecule has 0 amide bonds. The molecule has 0 radical (unpaired) electrons. The number of carbonyl (C=O) groups is 1. The van der Waals surface area contributed by atoms with Gasteiger partial charge < -0.3 is 5.11 Å². The smallest absolute Gasteiger partial charge is 0.317 e. The maximum Gasteiger partial charge on any atom is 0.317 e. The Balaban J connectivity index is 2.65. The first kappa shape index (κ1) is 12.5. The van der Waals surface area contributed by atoms with E-state index in [-0.39, 0.29) is 6.54 Å². The summed E-state index contributed by atoms with van der Waals surface area (Å²) in [5.74, 6) is -0.104. The number of hydrogen-bond acceptors (Lipinski definition) is 2. The maximum absolute atomic E-state index is 10.8. The molecule has 0 aromatic heterocycles. The summed E-state index contributed by atoms with van der Waals surface area (Å²) in [6.07, 6.45) is 2.32. The Morgan fingerprint density at radius 3 is 2.40 bits per heavy atom. The van der Waals surface area contributed by atoms with Crippen molar-refractivity contribution >= 4 is 5.97 Å². The zero-order valence-corrected chi connectivity index (χ0v) is 10.3. The van der Waals surface area contributed by atoms with Crippen molar-refractivity contribution in [2.75, 3.05) is 13.1 Å². The van der Waals surface area contributed by atoms with Crippen LogP contribution in [0.2, 0.25) is 0 Å². The fourth-order valence-electron chi connectivity index (χ4n) is 2.98. The third-order valence-corrected chi connectivity index (χ3v) is 3.51. The highest BCUT2D eigenvalue weighted by Gasteiger charge is 2.39. The van der Waals surface area contributed by atoms with E-state index in [0.717, 1.165) is 13.0 Å². The molecule has 0 aliphatic heterocycles. The summed E-state index contributed by atoms with van der Waals surface area (Å²) in [4.78, 5) is 12.9.